The van der Waals surface area contributed by atoms with E-state index in [2.05, 4.69) is 15.4 Å². The summed E-state index contributed by atoms with van der Waals surface area (Å²) < 4.78 is 7.45. The third kappa shape index (κ3) is 3.62. The van der Waals surface area contributed by atoms with E-state index in [-0.39, 0.29) is 0 Å². The third-order valence-electron chi connectivity index (χ3n) is 2.80. The number of hydrogen-bond acceptors (Lipinski definition) is 4. The number of hydrogen-bond donors (Lipinski definition) is 1. The zero-order valence-corrected chi connectivity index (χ0v) is 12.9. The first kappa shape index (κ1) is 15.1. The van der Waals surface area contributed by atoms with Crippen molar-refractivity contribution in [3.63, 3.8) is 0 Å². The van der Waals surface area contributed by atoms with Crippen LogP contribution in [0.25, 0.3) is 0 Å². The van der Waals surface area contributed by atoms with Crippen molar-refractivity contribution in [1.29, 1.82) is 0 Å². The highest BCUT2D eigenvalue weighted by Crippen LogP contribution is 2.32. The Morgan fingerprint density at radius 1 is 1.35 bits per heavy atom. The minimum atomic E-state index is 0.303. The highest BCUT2D eigenvalue weighted by molar-refractivity contribution is 6.35. The number of rotatable bonds is 6. The fourth-order valence-electron chi connectivity index (χ4n) is 1.75. The van der Waals surface area contributed by atoms with Crippen LogP contribution in [0.3, 0.4) is 0 Å². The van der Waals surface area contributed by atoms with E-state index >= 15 is 0 Å². The Morgan fingerprint density at radius 3 is 2.80 bits per heavy atom. The predicted octanol–water partition coefficient (Wildman–Crippen LogP) is 2.81. The lowest BCUT2D eigenvalue weighted by Crippen LogP contribution is -2.13. The minimum Gasteiger partial charge on any atom is -0.484 e. The average Bonchev–Trinajstić information content (AvgIpc) is 2.80. The van der Waals surface area contributed by atoms with Crippen molar-refractivity contribution in [2.45, 2.75) is 20.1 Å². The summed E-state index contributed by atoms with van der Waals surface area (Å²) in [6, 6.07) is 3.52. The van der Waals surface area contributed by atoms with Gasteiger partial charge in [0.1, 0.15) is 18.7 Å². The molecule has 0 bridgehead atoms. The van der Waals surface area contributed by atoms with Crippen LogP contribution >= 0.6 is 23.2 Å². The van der Waals surface area contributed by atoms with Crippen LogP contribution in [0, 0.1) is 0 Å². The Bertz CT molecular complexity index is 586. The van der Waals surface area contributed by atoms with Crippen LogP contribution in [0.2, 0.25) is 10.0 Å². The summed E-state index contributed by atoms with van der Waals surface area (Å²) >= 11 is 12.2. The Labute approximate surface area is 127 Å². The topological polar surface area (TPSA) is 52.0 Å². The van der Waals surface area contributed by atoms with Gasteiger partial charge in [0.25, 0.3) is 0 Å². The molecule has 20 heavy (non-hydrogen) atoms. The number of aryl methyl sites for hydroxylation is 1. The molecule has 0 spiro atoms. The standard InChI is InChI=1S/C13H16Cl2N4O/c1-3-16-6-9-4-10(14)5-11(15)13(9)20-7-12-17-8-18-19(12)2/h4-5,8,16H,3,6-7H2,1-2H3. The molecular formula is C13H16Cl2N4O. The summed E-state index contributed by atoms with van der Waals surface area (Å²) in [5.41, 5.74) is 0.923. The summed E-state index contributed by atoms with van der Waals surface area (Å²) in [6.07, 6.45) is 1.49. The van der Waals surface area contributed by atoms with Gasteiger partial charge >= 0.3 is 0 Å². The third-order valence-corrected chi connectivity index (χ3v) is 3.30. The molecule has 0 fully saturated rings. The molecular weight excluding hydrogens is 299 g/mol. The molecule has 0 unspecified atom stereocenters. The van der Waals surface area contributed by atoms with Crippen molar-refractivity contribution in [1.82, 2.24) is 20.1 Å². The molecule has 7 heteroatoms. The van der Waals surface area contributed by atoms with Crippen LogP contribution in [0.15, 0.2) is 18.5 Å². The van der Waals surface area contributed by atoms with Crippen LogP contribution < -0.4 is 10.1 Å². The normalized spacial score (nSPS) is 10.8. The summed E-state index contributed by atoms with van der Waals surface area (Å²) in [4.78, 5) is 4.11. The Balaban J connectivity index is 2.18. The van der Waals surface area contributed by atoms with Gasteiger partial charge in [0, 0.05) is 24.2 Å². The van der Waals surface area contributed by atoms with Gasteiger partial charge in [-0.2, -0.15) is 5.10 Å². The van der Waals surface area contributed by atoms with Gasteiger partial charge in [-0.25, -0.2) is 4.98 Å². The second-order valence-electron chi connectivity index (χ2n) is 4.24. The van der Waals surface area contributed by atoms with Gasteiger partial charge in [-0.15, -0.1) is 0 Å². The Kier molecular flexibility index (Phi) is 5.23. The molecule has 2 aromatic rings. The van der Waals surface area contributed by atoms with Gasteiger partial charge in [0.05, 0.1) is 5.02 Å². The molecule has 0 radical (unpaired) electrons. The fourth-order valence-corrected chi connectivity index (χ4v) is 2.34. The molecule has 1 heterocycles. The molecule has 0 aliphatic rings. The maximum atomic E-state index is 6.21. The van der Waals surface area contributed by atoms with Crippen molar-refractivity contribution in [2.24, 2.45) is 7.05 Å². The van der Waals surface area contributed by atoms with E-state index < -0.39 is 0 Å². The lowest BCUT2D eigenvalue weighted by Gasteiger charge is -2.14. The molecule has 1 aromatic heterocycles. The molecule has 0 atom stereocenters. The zero-order valence-electron chi connectivity index (χ0n) is 11.4. The quantitative estimate of drug-likeness (QED) is 0.890. The van der Waals surface area contributed by atoms with Crippen molar-refractivity contribution < 1.29 is 4.74 Å². The molecule has 0 saturated heterocycles. The lowest BCUT2D eigenvalue weighted by atomic mass is 10.2. The van der Waals surface area contributed by atoms with Crippen LogP contribution in [-0.4, -0.2) is 21.3 Å². The molecule has 108 valence electrons. The molecule has 0 aliphatic carbocycles. The second kappa shape index (κ2) is 6.92. The van der Waals surface area contributed by atoms with Gasteiger partial charge in [0.2, 0.25) is 0 Å². The van der Waals surface area contributed by atoms with Crippen LogP contribution in [0.1, 0.15) is 18.3 Å². The molecule has 0 saturated carbocycles. The largest absolute Gasteiger partial charge is 0.484 e. The molecule has 5 nitrogen and oxygen atoms in total. The Morgan fingerprint density at radius 2 is 2.15 bits per heavy atom. The van der Waals surface area contributed by atoms with Gasteiger partial charge in [-0.1, -0.05) is 30.1 Å². The van der Waals surface area contributed by atoms with Crippen molar-refractivity contribution in [2.75, 3.05) is 6.54 Å². The van der Waals surface area contributed by atoms with E-state index in [1.165, 1.54) is 6.33 Å². The minimum absolute atomic E-state index is 0.303. The Hall–Kier alpha value is -1.30. The van der Waals surface area contributed by atoms with E-state index in [1.54, 1.807) is 10.7 Å². The number of benzene rings is 1. The van der Waals surface area contributed by atoms with Crippen molar-refractivity contribution in [3.8, 4) is 5.75 Å². The number of halogens is 2. The monoisotopic (exact) mass is 314 g/mol. The highest BCUT2D eigenvalue weighted by Gasteiger charge is 2.12. The summed E-state index contributed by atoms with van der Waals surface area (Å²) in [7, 11) is 1.81. The van der Waals surface area contributed by atoms with E-state index in [4.69, 9.17) is 27.9 Å². The SMILES string of the molecule is CCNCc1cc(Cl)cc(Cl)c1OCc1ncnn1C. The summed E-state index contributed by atoms with van der Waals surface area (Å²) in [6.45, 7) is 3.83. The van der Waals surface area contributed by atoms with Crippen LogP contribution in [0.5, 0.6) is 5.75 Å². The number of nitrogens with one attached hydrogen (secondary N) is 1. The first-order chi connectivity index (χ1) is 9.61. The van der Waals surface area contributed by atoms with E-state index in [0.717, 1.165) is 17.9 Å². The maximum Gasteiger partial charge on any atom is 0.164 e. The van der Waals surface area contributed by atoms with E-state index in [9.17, 15) is 0 Å². The lowest BCUT2D eigenvalue weighted by molar-refractivity contribution is 0.286. The smallest absolute Gasteiger partial charge is 0.164 e. The summed E-state index contributed by atoms with van der Waals surface area (Å²) in [5, 5.41) is 8.31. The fraction of sp³-hybridized carbons (Fsp3) is 0.385. The van der Waals surface area contributed by atoms with E-state index in [0.29, 0.717) is 28.9 Å². The number of nitrogens with zero attached hydrogens (tertiary/aromatic N) is 3. The molecule has 0 aliphatic heterocycles. The molecule has 1 N–H and O–H groups in total. The van der Waals surface area contributed by atoms with Gasteiger partial charge < -0.3 is 10.1 Å². The highest BCUT2D eigenvalue weighted by atomic mass is 35.5. The van der Waals surface area contributed by atoms with Gasteiger partial charge in [-0.05, 0) is 18.7 Å². The zero-order chi connectivity index (χ0) is 14.5. The van der Waals surface area contributed by atoms with Crippen LogP contribution in [0.4, 0.5) is 0 Å². The van der Waals surface area contributed by atoms with Crippen molar-refractivity contribution >= 4 is 23.2 Å². The van der Waals surface area contributed by atoms with Gasteiger partial charge in [0.15, 0.2) is 5.82 Å². The molecule has 1 aromatic carbocycles. The number of aromatic nitrogens is 3. The number of ether oxygens (including phenoxy) is 1. The first-order valence-corrected chi connectivity index (χ1v) is 7.01. The van der Waals surface area contributed by atoms with Crippen LogP contribution in [-0.2, 0) is 20.2 Å². The van der Waals surface area contributed by atoms with Gasteiger partial charge in [-0.3, -0.25) is 4.68 Å². The van der Waals surface area contributed by atoms with E-state index in [1.807, 2.05) is 20.0 Å². The summed E-state index contributed by atoms with van der Waals surface area (Å²) in [5.74, 6) is 1.35. The average molecular weight is 315 g/mol. The predicted molar refractivity (Wildman–Crippen MR) is 79.2 cm³/mol. The van der Waals surface area contributed by atoms with Crippen molar-refractivity contribution in [3.05, 3.63) is 39.9 Å². The molecule has 2 rings (SSSR count). The molecule has 0 amide bonds. The second-order valence-corrected chi connectivity index (χ2v) is 5.09. The first-order valence-electron chi connectivity index (χ1n) is 6.26. The maximum absolute atomic E-state index is 6.21.